The smallest absolute Gasteiger partial charge is 0.166 e. The van der Waals surface area contributed by atoms with Crippen LogP contribution in [0.15, 0.2) is 72.8 Å². The van der Waals surface area contributed by atoms with Gasteiger partial charge in [0.25, 0.3) is 0 Å². The molecule has 0 nitrogen and oxygen atoms in total. The first-order chi connectivity index (χ1) is 11.0. The molecule has 23 heavy (non-hydrogen) atoms. The highest BCUT2D eigenvalue weighted by Crippen LogP contribution is 2.36. The summed E-state index contributed by atoms with van der Waals surface area (Å²) in [6, 6.07) is 21.1. The lowest BCUT2D eigenvalue weighted by Gasteiger charge is -2.14. The first kappa shape index (κ1) is 15.3. The van der Waals surface area contributed by atoms with Crippen molar-refractivity contribution < 1.29 is 13.2 Å². The van der Waals surface area contributed by atoms with Crippen LogP contribution in [0.1, 0.15) is 11.1 Å². The molecule has 0 saturated heterocycles. The van der Waals surface area contributed by atoms with Crippen molar-refractivity contribution in [3.63, 3.8) is 0 Å². The molecule has 0 aliphatic rings. The molecule has 0 radical (unpaired) electrons. The molecule has 0 atom stereocenters. The van der Waals surface area contributed by atoms with Crippen molar-refractivity contribution in [3.8, 4) is 22.3 Å². The van der Waals surface area contributed by atoms with E-state index in [1.165, 1.54) is 12.1 Å². The maximum atomic E-state index is 12.7. The SMILES string of the molecule is Cc1cccc(-c2ccc(C(F)(F)F)cc2)c1-c1ccccc1. The van der Waals surface area contributed by atoms with Gasteiger partial charge in [-0.1, -0.05) is 60.7 Å². The van der Waals surface area contributed by atoms with Crippen molar-refractivity contribution in [2.24, 2.45) is 0 Å². The average Bonchev–Trinajstić information content (AvgIpc) is 2.55. The van der Waals surface area contributed by atoms with Gasteiger partial charge >= 0.3 is 6.18 Å². The van der Waals surface area contributed by atoms with E-state index in [1.54, 1.807) is 0 Å². The topological polar surface area (TPSA) is 0 Å². The van der Waals surface area contributed by atoms with Crippen LogP contribution in [-0.2, 0) is 6.18 Å². The molecular formula is C20H15F3. The second-order valence-electron chi connectivity index (χ2n) is 5.44. The van der Waals surface area contributed by atoms with Crippen molar-refractivity contribution in [1.82, 2.24) is 0 Å². The van der Waals surface area contributed by atoms with E-state index in [0.717, 1.165) is 39.9 Å². The van der Waals surface area contributed by atoms with Gasteiger partial charge in [0.05, 0.1) is 5.56 Å². The molecule has 0 spiro atoms. The summed E-state index contributed by atoms with van der Waals surface area (Å²) in [5.74, 6) is 0. The monoisotopic (exact) mass is 312 g/mol. The Balaban J connectivity index is 2.13. The Morgan fingerprint density at radius 3 is 1.91 bits per heavy atom. The molecule has 0 heterocycles. The number of halogens is 3. The summed E-state index contributed by atoms with van der Waals surface area (Å²) in [5, 5.41) is 0. The lowest BCUT2D eigenvalue weighted by molar-refractivity contribution is -0.137. The van der Waals surface area contributed by atoms with Gasteiger partial charge in [0.2, 0.25) is 0 Å². The van der Waals surface area contributed by atoms with Gasteiger partial charge in [-0.15, -0.1) is 0 Å². The highest BCUT2D eigenvalue weighted by Gasteiger charge is 2.30. The molecule has 0 fully saturated rings. The molecule has 116 valence electrons. The van der Waals surface area contributed by atoms with Crippen molar-refractivity contribution in [2.45, 2.75) is 13.1 Å². The van der Waals surface area contributed by atoms with E-state index in [0.29, 0.717) is 0 Å². The third kappa shape index (κ3) is 3.14. The summed E-state index contributed by atoms with van der Waals surface area (Å²) in [7, 11) is 0. The molecule has 3 aromatic carbocycles. The van der Waals surface area contributed by atoms with Crippen LogP contribution in [0.5, 0.6) is 0 Å². The quantitative estimate of drug-likeness (QED) is 0.517. The zero-order valence-corrected chi connectivity index (χ0v) is 12.6. The summed E-state index contributed by atoms with van der Waals surface area (Å²) in [4.78, 5) is 0. The molecule has 0 N–H and O–H groups in total. The second-order valence-corrected chi connectivity index (χ2v) is 5.44. The predicted molar refractivity (Wildman–Crippen MR) is 87.1 cm³/mol. The van der Waals surface area contributed by atoms with E-state index in [9.17, 15) is 13.2 Å². The fraction of sp³-hybridized carbons (Fsp3) is 0.100. The zero-order valence-electron chi connectivity index (χ0n) is 12.6. The number of aryl methyl sites for hydroxylation is 1. The van der Waals surface area contributed by atoms with Crippen molar-refractivity contribution in [3.05, 3.63) is 83.9 Å². The molecule has 0 saturated carbocycles. The lowest BCUT2D eigenvalue weighted by Crippen LogP contribution is -2.04. The van der Waals surface area contributed by atoms with Gasteiger partial charge in [0, 0.05) is 0 Å². The average molecular weight is 312 g/mol. The third-order valence-electron chi connectivity index (χ3n) is 3.86. The minimum Gasteiger partial charge on any atom is -0.166 e. The molecule has 3 heteroatoms. The van der Waals surface area contributed by atoms with Crippen LogP contribution < -0.4 is 0 Å². The van der Waals surface area contributed by atoms with E-state index in [4.69, 9.17) is 0 Å². The maximum absolute atomic E-state index is 12.7. The first-order valence-electron chi connectivity index (χ1n) is 7.29. The standard InChI is InChI=1S/C20H15F3/c1-14-6-5-9-18(19(14)16-7-3-2-4-8-16)15-10-12-17(13-11-15)20(21,22)23/h2-13H,1H3. The Morgan fingerprint density at radius 1 is 0.652 bits per heavy atom. The first-order valence-corrected chi connectivity index (χ1v) is 7.29. The summed E-state index contributed by atoms with van der Waals surface area (Å²) in [5.41, 5.74) is 4.28. The van der Waals surface area contributed by atoms with Gasteiger partial charge in [-0.2, -0.15) is 13.2 Å². The number of benzene rings is 3. The summed E-state index contributed by atoms with van der Waals surface area (Å²) < 4.78 is 38.2. The van der Waals surface area contributed by atoms with E-state index >= 15 is 0 Å². The normalized spacial score (nSPS) is 11.5. The van der Waals surface area contributed by atoms with E-state index in [1.807, 2.05) is 55.5 Å². The van der Waals surface area contributed by atoms with Crippen molar-refractivity contribution in [1.29, 1.82) is 0 Å². The molecule has 0 bridgehead atoms. The Labute approximate surface area is 133 Å². The Bertz CT molecular complexity index is 801. The molecule has 3 aromatic rings. The van der Waals surface area contributed by atoms with E-state index in [-0.39, 0.29) is 0 Å². The number of rotatable bonds is 2. The molecule has 0 unspecified atom stereocenters. The molecule has 3 rings (SSSR count). The van der Waals surface area contributed by atoms with Crippen LogP contribution in [0.4, 0.5) is 13.2 Å². The van der Waals surface area contributed by atoms with Crippen LogP contribution in [0, 0.1) is 6.92 Å². The van der Waals surface area contributed by atoms with Crippen LogP contribution in [0.2, 0.25) is 0 Å². The number of alkyl halides is 3. The summed E-state index contributed by atoms with van der Waals surface area (Å²) in [6.07, 6.45) is -4.31. The van der Waals surface area contributed by atoms with Gasteiger partial charge in [0.15, 0.2) is 0 Å². The largest absolute Gasteiger partial charge is 0.416 e. The minimum atomic E-state index is -4.31. The minimum absolute atomic E-state index is 0.629. The number of hydrogen-bond donors (Lipinski definition) is 0. The Hall–Kier alpha value is -2.55. The van der Waals surface area contributed by atoms with Crippen molar-refractivity contribution >= 4 is 0 Å². The van der Waals surface area contributed by atoms with E-state index in [2.05, 4.69) is 0 Å². The lowest BCUT2D eigenvalue weighted by atomic mass is 9.91. The van der Waals surface area contributed by atoms with E-state index < -0.39 is 11.7 Å². The van der Waals surface area contributed by atoms with Gasteiger partial charge in [-0.3, -0.25) is 0 Å². The van der Waals surface area contributed by atoms with Gasteiger partial charge in [-0.05, 0) is 46.9 Å². The highest BCUT2D eigenvalue weighted by molar-refractivity contribution is 5.85. The van der Waals surface area contributed by atoms with Crippen LogP contribution >= 0.6 is 0 Å². The highest BCUT2D eigenvalue weighted by atomic mass is 19.4. The maximum Gasteiger partial charge on any atom is 0.416 e. The van der Waals surface area contributed by atoms with Gasteiger partial charge in [0.1, 0.15) is 0 Å². The van der Waals surface area contributed by atoms with Gasteiger partial charge < -0.3 is 0 Å². The summed E-state index contributed by atoms with van der Waals surface area (Å²) >= 11 is 0. The second kappa shape index (κ2) is 5.92. The molecule has 0 aliphatic carbocycles. The Morgan fingerprint density at radius 2 is 1.30 bits per heavy atom. The van der Waals surface area contributed by atoms with Crippen LogP contribution in [0.25, 0.3) is 22.3 Å². The molecule has 0 aromatic heterocycles. The third-order valence-corrected chi connectivity index (χ3v) is 3.86. The summed E-state index contributed by atoms with van der Waals surface area (Å²) in [6.45, 7) is 2.01. The molecule has 0 aliphatic heterocycles. The molecular weight excluding hydrogens is 297 g/mol. The van der Waals surface area contributed by atoms with Crippen molar-refractivity contribution in [2.75, 3.05) is 0 Å². The fourth-order valence-electron chi connectivity index (χ4n) is 2.74. The fourth-order valence-corrected chi connectivity index (χ4v) is 2.74. The zero-order chi connectivity index (χ0) is 16.4. The Kier molecular flexibility index (Phi) is 3.95. The molecule has 0 amide bonds. The number of hydrogen-bond acceptors (Lipinski definition) is 0. The van der Waals surface area contributed by atoms with Crippen LogP contribution in [-0.4, -0.2) is 0 Å². The van der Waals surface area contributed by atoms with Crippen LogP contribution in [0.3, 0.4) is 0 Å². The predicted octanol–water partition coefficient (Wildman–Crippen LogP) is 6.35. The van der Waals surface area contributed by atoms with Gasteiger partial charge in [-0.25, -0.2) is 0 Å².